The van der Waals surface area contributed by atoms with E-state index in [4.69, 9.17) is 4.42 Å². The molecule has 0 bridgehead atoms. The van der Waals surface area contributed by atoms with Gasteiger partial charge in [-0.3, -0.25) is 9.59 Å². The van der Waals surface area contributed by atoms with E-state index in [1.807, 2.05) is 0 Å². The molecule has 0 aliphatic carbocycles. The van der Waals surface area contributed by atoms with Crippen molar-refractivity contribution in [1.29, 1.82) is 0 Å². The first-order valence-electron chi connectivity index (χ1n) is 9.37. The SMILES string of the molecule is O=C(Cn1nnc(-c2cccc(C(F)(F)F)c2)n1)N1CCN(C(=O)c2ccco2)CC1. The van der Waals surface area contributed by atoms with Crippen molar-refractivity contribution in [2.75, 3.05) is 26.2 Å². The van der Waals surface area contributed by atoms with E-state index in [0.717, 1.165) is 16.9 Å². The summed E-state index contributed by atoms with van der Waals surface area (Å²) in [4.78, 5) is 29.0. The molecule has 0 saturated carbocycles. The van der Waals surface area contributed by atoms with Gasteiger partial charge in [-0.2, -0.15) is 18.0 Å². The zero-order valence-corrected chi connectivity index (χ0v) is 16.1. The molecule has 0 spiro atoms. The highest BCUT2D eigenvalue weighted by Gasteiger charge is 2.31. The number of furan rings is 1. The molecule has 1 fully saturated rings. The summed E-state index contributed by atoms with van der Waals surface area (Å²) in [5.41, 5.74) is -0.669. The first kappa shape index (κ1) is 20.6. The quantitative estimate of drug-likeness (QED) is 0.623. The Kier molecular flexibility index (Phi) is 5.44. The Morgan fingerprint density at radius 3 is 2.45 bits per heavy atom. The third-order valence-electron chi connectivity index (χ3n) is 4.83. The van der Waals surface area contributed by atoms with E-state index in [-0.39, 0.29) is 35.5 Å². The average molecular weight is 434 g/mol. The van der Waals surface area contributed by atoms with Crippen molar-refractivity contribution in [3.8, 4) is 11.4 Å². The van der Waals surface area contributed by atoms with Crippen LogP contribution in [-0.2, 0) is 17.5 Å². The van der Waals surface area contributed by atoms with Crippen molar-refractivity contribution in [2.45, 2.75) is 12.7 Å². The van der Waals surface area contributed by atoms with Gasteiger partial charge in [0, 0.05) is 31.7 Å². The zero-order valence-electron chi connectivity index (χ0n) is 16.1. The minimum Gasteiger partial charge on any atom is -0.459 e. The van der Waals surface area contributed by atoms with Crippen LogP contribution in [0.2, 0.25) is 0 Å². The van der Waals surface area contributed by atoms with E-state index in [1.54, 1.807) is 21.9 Å². The molecule has 1 saturated heterocycles. The smallest absolute Gasteiger partial charge is 0.416 e. The number of alkyl halides is 3. The van der Waals surface area contributed by atoms with Crippen molar-refractivity contribution >= 4 is 11.8 Å². The van der Waals surface area contributed by atoms with Gasteiger partial charge in [0.1, 0.15) is 6.54 Å². The van der Waals surface area contributed by atoms with Gasteiger partial charge in [0.05, 0.1) is 11.8 Å². The van der Waals surface area contributed by atoms with Crippen LogP contribution in [0.4, 0.5) is 13.2 Å². The number of carbonyl (C=O) groups excluding carboxylic acids is 2. The third kappa shape index (κ3) is 4.57. The molecule has 2 aromatic heterocycles. The summed E-state index contributed by atoms with van der Waals surface area (Å²) in [6.07, 6.45) is -3.06. The van der Waals surface area contributed by atoms with Gasteiger partial charge in [-0.15, -0.1) is 10.2 Å². The van der Waals surface area contributed by atoms with Gasteiger partial charge in [0.2, 0.25) is 11.7 Å². The molecule has 3 aromatic rings. The lowest BCUT2D eigenvalue weighted by atomic mass is 10.1. The fraction of sp³-hybridized carbons (Fsp3) is 0.316. The molecule has 0 unspecified atom stereocenters. The van der Waals surface area contributed by atoms with Gasteiger partial charge in [0.25, 0.3) is 5.91 Å². The van der Waals surface area contributed by atoms with Crippen molar-refractivity contribution < 1.29 is 27.2 Å². The predicted octanol–water partition coefficient (Wildman–Crippen LogP) is 1.94. The van der Waals surface area contributed by atoms with Gasteiger partial charge in [0.15, 0.2) is 5.76 Å². The first-order chi connectivity index (χ1) is 14.8. The largest absolute Gasteiger partial charge is 0.459 e. The highest BCUT2D eigenvalue weighted by atomic mass is 19.4. The molecule has 0 radical (unpaired) electrons. The number of nitrogens with zero attached hydrogens (tertiary/aromatic N) is 6. The molecule has 3 heterocycles. The molecule has 162 valence electrons. The minimum absolute atomic E-state index is 0.00670. The molecule has 1 aliphatic heterocycles. The van der Waals surface area contributed by atoms with Crippen LogP contribution in [0.5, 0.6) is 0 Å². The van der Waals surface area contributed by atoms with Crippen LogP contribution in [0.3, 0.4) is 0 Å². The zero-order chi connectivity index (χ0) is 22.0. The Balaban J connectivity index is 1.35. The maximum absolute atomic E-state index is 12.9. The van der Waals surface area contributed by atoms with Gasteiger partial charge >= 0.3 is 6.18 Å². The molecule has 0 atom stereocenters. The summed E-state index contributed by atoms with van der Waals surface area (Å²) >= 11 is 0. The summed E-state index contributed by atoms with van der Waals surface area (Å²) in [5, 5.41) is 11.5. The maximum atomic E-state index is 12.9. The van der Waals surface area contributed by atoms with Crippen molar-refractivity contribution in [1.82, 2.24) is 30.0 Å². The average Bonchev–Trinajstić information content (AvgIpc) is 3.45. The number of carbonyl (C=O) groups is 2. The van der Waals surface area contributed by atoms with E-state index in [0.29, 0.717) is 26.2 Å². The van der Waals surface area contributed by atoms with E-state index >= 15 is 0 Å². The van der Waals surface area contributed by atoms with Gasteiger partial charge in [-0.1, -0.05) is 12.1 Å². The summed E-state index contributed by atoms with van der Waals surface area (Å²) in [5.74, 6) is -0.277. The van der Waals surface area contributed by atoms with Gasteiger partial charge in [-0.05, 0) is 29.5 Å². The lowest BCUT2D eigenvalue weighted by molar-refractivity contribution is -0.137. The van der Waals surface area contributed by atoms with Crippen LogP contribution in [-0.4, -0.2) is 68.0 Å². The Labute approximate surface area is 174 Å². The lowest BCUT2D eigenvalue weighted by Gasteiger charge is -2.34. The number of benzene rings is 1. The van der Waals surface area contributed by atoms with Crippen LogP contribution in [0, 0.1) is 0 Å². The minimum atomic E-state index is -4.48. The van der Waals surface area contributed by atoms with E-state index < -0.39 is 11.7 Å². The molecular formula is C19H17F3N6O3. The second-order valence-electron chi connectivity index (χ2n) is 6.87. The van der Waals surface area contributed by atoms with E-state index in [1.165, 1.54) is 18.4 Å². The van der Waals surface area contributed by atoms with Crippen molar-refractivity contribution in [3.63, 3.8) is 0 Å². The van der Waals surface area contributed by atoms with E-state index in [2.05, 4.69) is 15.4 Å². The summed E-state index contributed by atoms with van der Waals surface area (Å²) in [6, 6.07) is 7.79. The molecule has 1 aliphatic rings. The van der Waals surface area contributed by atoms with Crippen molar-refractivity contribution in [3.05, 3.63) is 54.0 Å². The molecule has 0 N–H and O–H groups in total. The Hall–Kier alpha value is -3.70. The first-order valence-corrected chi connectivity index (χ1v) is 9.37. The molecule has 4 rings (SSSR count). The number of hydrogen-bond donors (Lipinski definition) is 0. The topological polar surface area (TPSA) is 97.4 Å². The van der Waals surface area contributed by atoms with Crippen molar-refractivity contribution in [2.24, 2.45) is 0 Å². The summed E-state index contributed by atoms with van der Waals surface area (Å²) in [6.45, 7) is 1.16. The van der Waals surface area contributed by atoms with Crippen LogP contribution < -0.4 is 0 Å². The number of amides is 2. The second-order valence-corrected chi connectivity index (χ2v) is 6.87. The molecule has 31 heavy (non-hydrogen) atoms. The van der Waals surface area contributed by atoms with Crippen LogP contribution >= 0.6 is 0 Å². The summed E-state index contributed by atoms with van der Waals surface area (Å²) in [7, 11) is 0. The van der Waals surface area contributed by atoms with Crippen LogP contribution in [0.15, 0.2) is 47.1 Å². The molecule has 12 heteroatoms. The highest BCUT2D eigenvalue weighted by Crippen LogP contribution is 2.31. The van der Waals surface area contributed by atoms with E-state index in [9.17, 15) is 22.8 Å². The number of piperazine rings is 1. The standard InChI is InChI=1S/C19H17F3N6O3/c20-19(21,22)14-4-1-3-13(11-14)17-23-25-28(24-17)12-16(29)26-6-8-27(9-7-26)18(30)15-5-2-10-31-15/h1-5,10-11H,6-9,12H2. The fourth-order valence-electron chi connectivity index (χ4n) is 3.20. The number of tetrazole rings is 1. The number of aromatic nitrogens is 4. The Morgan fingerprint density at radius 1 is 1.03 bits per heavy atom. The van der Waals surface area contributed by atoms with Crippen LogP contribution in [0.1, 0.15) is 16.1 Å². The second kappa shape index (κ2) is 8.20. The van der Waals surface area contributed by atoms with Gasteiger partial charge in [-0.25, -0.2) is 0 Å². The Morgan fingerprint density at radius 2 is 1.77 bits per heavy atom. The monoisotopic (exact) mass is 434 g/mol. The van der Waals surface area contributed by atoms with Crippen LogP contribution in [0.25, 0.3) is 11.4 Å². The normalized spacial score (nSPS) is 14.7. The number of rotatable bonds is 4. The lowest BCUT2D eigenvalue weighted by Crippen LogP contribution is -2.51. The fourth-order valence-corrected chi connectivity index (χ4v) is 3.20. The molecule has 1 aromatic carbocycles. The highest BCUT2D eigenvalue weighted by molar-refractivity contribution is 5.91. The number of hydrogen-bond acceptors (Lipinski definition) is 6. The Bertz CT molecular complexity index is 1070. The maximum Gasteiger partial charge on any atom is 0.416 e. The predicted molar refractivity (Wildman–Crippen MR) is 99.4 cm³/mol. The molecule has 9 nitrogen and oxygen atoms in total. The molecular weight excluding hydrogens is 417 g/mol. The molecule has 2 amide bonds. The summed E-state index contributed by atoms with van der Waals surface area (Å²) < 4.78 is 43.8. The number of halogens is 3. The van der Waals surface area contributed by atoms with Gasteiger partial charge < -0.3 is 14.2 Å². The third-order valence-corrected chi connectivity index (χ3v) is 4.83.